The van der Waals surface area contributed by atoms with Crippen LogP contribution >= 0.6 is 0 Å². The first-order chi connectivity index (χ1) is 9.93. The molecule has 4 rings (SSSR count). The van der Waals surface area contributed by atoms with Crippen LogP contribution in [0.5, 0.6) is 0 Å². The SMILES string of the molecule is [c]1ccc(-c2ccccc2)c2c1ccc1ccccc12. The van der Waals surface area contributed by atoms with E-state index in [1.165, 1.54) is 32.7 Å². The number of rotatable bonds is 1. The minimum atomic E-state index is 1.17. The summed E-state index contributed by atoms with van der Waals surface area (Å²) in [6, 6.07) is 30.9. The molecule has 0 amide bonds. The first kappa shape index (κ1) is 11.2. The molecule has 0 aromatic heterocycles. The molecule has 1 radical (unpaired) electrons. The van der Waals surface area contributed by atoms with Gasteiger partial charge >= 0.3 is 0 Å². The van der Waals surface area contributed by atoms with Crippen LogP contribution in [0, 0.1) is 6.07 Å². The molecular formula is C20H13. The van der Waals surface area contributed by atoms with Gasteiger partial charge in [0.25, 0.3) is 0 Å². The minimum Gasteiger partial charge on any atom is -0.0622 e. The lowest BCUT2D eigenvalue weighted by Gasteiger charge is -2.10. The van der Waals surface area contributed by atoms with Gasteiger partial charge < -0.3 is 0 Å². The molecule has 0 nitrogen and oxygen atoms in total. The van der Waals surface area contributed by atoms with Crippen molar-refractivity contribution in [2.75, 3.05) is 0 Å². The molecule has 0 aliphatic carbocycles. The van der Waals surface area contributed by atoms with Gasteiger partial charge in [-0.15, -0.1) is 0 Å². The van der Waals surface area contributed by atoms with Crippen molar-refractivity contribution in [1.29, 1.82) is 0 Å². The largest absolute Gasteiger partial charge is 0.0622 e. The van der Waals surface area contributed by atoms with Crippen LogP contribution < -0.4 is 0 Å². The summed E-state index contributed by atoms with van der Waals surface area (Å²) in [5.74, 6) is 0. The van der Waals surface area contributed by atoms with Crippen molar-refractivity contribution >= 4 is 21.5 Å². The molecule has 4 aromatic rings. The van der Waals surface area contributed by atoms with Crippen molar-refractivity contribution in [2.45, 2.75) is 0 Å². The van der Waals surface area contributed by atoms with Crippen molar-refractivity contribution in [3.8, 4) is 11.1 Å². The molecule has 93 valence electrons. The van der Waals surface area contributed by atoms with Gasteiger partial charge in [0.15, 0.2) is 0 Å². The summed E-state index contributed by atoms with van der Waals surface area (Å²) in [6.45, 7) is 0. The maximum Gasteiger partial charge on any atom is -0.00206 e. The third-order valence-electron chi connectivity index (χ3n) is 3.77. The van der Waals surface area contributed by atoms with Crippen molar-refractivity contribution in [2.24, 2.45) is 0 Å². The molecule has 0 unspecified atom stereocenters. The Bertz CT molecular complexity index is 889. The summed E-state index contributed by atoms with van der Waals surface area (Å²) in [5, 5.41) is 5.03. The fourth-order valence-electron chi connectivity index (χ4n) is 2.84. The first-order valence-corrected chi connectivity index (χ1v) is 6.81. The Morgan fingerprint density at radius 1 is 0.650 bits per heavy atom. The van der Waals surface area contributed by atoms with Crippen LogP contribution in [0.4, 0.5) is 0 Å². The maximum absolute atomic E-state index is 3.35. The Hall–Kier alpha value is -2.60. The van der Waals surface area contributed by atoms with E-state index in [2.05, 4.69) is 78.9 Å². The van der Waals surface area contributed by atoms with Gasteiger partial charge in [-0.1, -0.05) is 78.9 Å². The molecule has 0 saturated carbocycles. The highest BCUT2D eigenvalue weighted by Gasteiger charge is 2.06. The third kappa shape index (κ3) is 1.70. The zero-order chi connectivity index (χ0) is 13.4. The number of hydrogen-bond acceptors (Lipinski definition) is 0. The topological polar surface area (TPSA) is 0 Å². The predicted octanol–water partition coefficient (Wildman–Crippen LogP) is 5.46. The number of benzene rings is 4. The highest BCUT2D eigenvalue weighted by atomic mass is 14.1. The van der Waals surface area contributed by atoms with E-state index in [1.807, 2.05) is 6.07 Å². The molecule has 0 saturated heterocycles. The molecule has 0 atom stereocenters. The monoisotopic (exact) mass is 253 g/mol. The number of hydrogen-bond donors (Lipinski definition) is 0. The van der Waals surface area contributed by atoms with Crippen molar-refractivity contribution in [3.05, 3.63) is 84.9 Å². The summed E-state index contributed by atoms with van der Waals surface area (Å²) >= 11 is 0. The lowest BCUT2D eigenvalue weighted by molar-refractivity contribution is 1.66. The normalized spacial score (nSPS) is 11.0. The van der Waals surface area contributed by atoms with Crippen LogP contribution in [0.15, 0.2) is 78.9 Å². The second kappa shape index (κ2) is 4.50. The molecular weight excluding hydrogens is 240 g/mol. The molecule has 0 N–H and O–H groups in total. The fourth-order valence-corrected chi connectivity index (χ4v) is 2.84. The van der Waals surface area contributed by atoms with Crippen LogP contribution in [0.2, 0.25) is 0 Å². The summed E-state index contributed by atoms with van der Waals surface area (Å²) in [6.07, 6.45) is 0. The predicted molar refractivity (Wildman–Crippen MR) is 85.7 cm³/mol. The van der Waals surface area contributed by atoms with E-state index in [-0.39, 0.29) is 0 Å². The summed E-state index contributed by atoms with van der Waals surface area (Å²) in [5.41, 5.74) is 2.53. The summed E-state index contributed by atoms with van der Waals surface area (Å²) in [4.78, 5) is 0. The van der Waals surface area contributed by atoms with E-state index in [0.29, 0.717) is 0 Å². The lowest BCUT2D eigenvalue weighted by atomic mass is 9.94. The van der Waals surface area contributed by atoms with Crippen LogP contribution in [0.25, 0.3) is 32.7 Å². The molecule has 20 heavy (non-hydrogen) atoms. The van der Waals surface area contributed by atoms with Crippen molar-refractivity contribution in [3.63, 3.8) is 0 Å². The van der Waals surface area contributed by atoms with Gasteiger partial charge in [-0.3, -0.25) is 0 Å². The molecule has 0 aliphatic rings. The highest BCUT2D eigenvalue weighted by Crippen LogP contribution is 2.33. The van der Waals surface area contributed by atoms with Crippen LogP contribution in [0.1, 0.15) is 0 Å². The average Bonchev–Trinajstić information content (AvgIpc) is 2.55. The maximum atomic E-state index is 3.35. The van der Waals surface area contributed by atoms with E-state index < -0.39 is 0 Å². The zero-order valence-electron chi connectivity index (χ0n) is 11.0. The zero-order valence-corrected chi connectivity index (χ0v) is 11.0. The van der Waals surface area contributed by atoms with Crippen LogP contribution in [-0.4, -0.2) is 0 Å². The van der Waals surface area contributed by atoms with Gasteiger partial charge in [0, 0.05) is 0 Å². The summed E-state index contributed by atoms with van der Waals surface area (Å²) in [7, 11) is 0. The van der Waals surface area contributed by atoms with Crippen molar-refractivity contribution in [1.82, 2.24) is 0 Å². The van der Waals surface area contributed by atoms with Crippen molar-refractivity contribution < 1.29 is 0 Å². The molecule has 0 spiro atoms. The van der Waals surface area contributed by atoms with Crippen LogP contribution in [0.3, 0.4) is 0 Å². The van der Waals surface area contributed by atoms with Gasteiger partial charge in [0.1, 0.15) is 0 Å². The second-order valence-electron chi connectivity index (χ2n) is 4.97. The third-order valence-corrected chi connectivity index (χ3v) is 3.77. The van der Waals surface area contributed by atoms with Gasteiger partial charge in [-0.2, -0.15) is 0 Å². The quantitative estimate of drug-likeness (QED) is 0.395. The van der Waals surface area contributed by atoms with Gasteiger partial charge in [0.2, 0.25) is 0 Å². The van der Waals surface area contributed by atoms with Gasteiger partial charge in [-0.25, -0.2) is 0 Å². The average molecular weight is 253 g/mol. The Kier molecular flexibility index (Phi) is 2.53. The van der Waals surface area contributed by atoms with E-state index >= 15 is 0 Å². The minimum absolute atomic E-state index is 1.17. The summed E-state index contributed by atoms with van der Waals surface area (Å²) < 4.78 is 0. The van der Waals surface area contributed by atoms with Gasteiger partial charge in [0.05, 0.1) is 0 Å². The first-order valence-electron chi connectivity index (χ1n) is 6.81. The molecule has 0 aliphatic heterocycles. The fraction of sp³-hybridized carbons (Fsp3) is 0. The Labute approximate surface area is 118 Å². The lowest BCUT2D eigenvalue weighted by Crippen LogP contribution is -1.83. The van der Waals surface area contributed by atoms with E-state index in [9.17, 15) is 0 Å². The van der Waals surface area contributed by atoms with E-state index in [0.717, 1.165) is 0 Å². The Morgan fingerprint density at radius 3 is 2.35 bits per heavy atom. The van der Waals surface area contributed by atoms with Gasteiger partial charge in [-0.05, 0) is 38.7 Å². The molecule has 0 bridgehead atoms. The van der Waals surface area contributed by atoms with E-state index in [1.54, 1.807) is 0 Å². The van der Waals surface area contributed by atoms with Crippen LogP contribution in [-0.2, 0) is 0 Å². The second-order valence-corrected chi connectivity index (χ2v) is 4.97. The Balaban J connectivity index is 2.19. The molecule has 0 heteroatoms. The number of fused-ring (bicyclic) bond motifs is 3. The smallest absolute Gasteiger partial charge is 0.00206 e. The molecule has 0 fully saturated rings. The Morgan fingerprint density at radius 2 is 1.45 bits per heavy atom. The molecule has 4 aromatic carbocycles. The standard InChI is InChI=1S/C20H13/c1-2-7-15(8-3-1)19-12-6-10-17-14-13-16-9-4-5-11-18(16)20(17)19/h1-9,11-14H. The molecule has 0 heterocycles. The highest BCUT2D eigenvalue weighted by molar-refractivity contribution is 6.14. The van der Waals surface area contributed by atoms with E-state index in [4.69, 9.17) is 0 Å².